The number of rotatable bonds is 5. The summed E-state index contributed by atoms with van der Waals surface area (Å²) in [4.78, 5) is 46.5. The monoisotopic (exact) mass is 924 g/mol. The Balaban J connectivity index is 1.09. The molecule has 0 saturated carbocycles. The van der Waals surface area contributed by atoms with Crippen molar-refractivity contribution in [3.05, 3.63) is 111 Å². The summed E-state index contributed by atoms with van der Waals surface area (Å²) in [7, 11) is 5.01. The van der Waals surface area contributed by atoms with Gasteiger partial charge in [-0.2, -0.15) is 5.26 Å². The zero-order valence-electron chi connectivity index (χ0n) is 37.8. The van der Waals surface area contributed by atoms with E-state index in [0.717, 1.165) is 27.5 Å². The largest absolute Gasteiger partial charge is 0.504 e. The van der Waals surface area contributed by atoms with Crippen molar-refractivity contribution in [2.45, 2.75) is 74.6 Å². The summed E-state index contributed by atoms with van der Waals surface area (Å²) in [5.41, 5.74) is 4.55. The summed E-state index contributed by atoms with van der Waals surface area (Å²) in [5.74, 6) is 0.490. The van der Waals surface area contributed by atoms with Gasteiger partial charge in [-0.1, -0.05) is 42.5 Å². The number of likely N-dealkylation sites (N-methyl/N-ethyl adjacent to an activating group) is 1. The van der Waals surface area contributed by atoms with E-state index in [4.69, 9.17) is 33.2 Å². The molecule has 2 N–H and O–H groups in total. The molecule has 5 aromatic rings. The number of carbonyl (C=O) groups is 3. The Morgan fingerprint density at radius 1 is 0.940 bits per heavy atom. The highest BCUT2D eigenvalue weighted by Crippen LogP contribution is 2.64. The summed E-state index contributed by atoms with van der Waals surface area (Å²) in [6.45, 7) is 5.16. The molecule has 2 fully saturated rings. The van der Waals surface area contributed by atoms with Gasteiger partial charge in [0, 0.05) is 53.6 Å². The van der Waals surface area contributed by atoms with Gasteiger partial charge >= 0.3 is 17.9 Å². The number of aromatic hydroxyl groups is 1. The predicted molar refractivity (Wildman–Crippen MR) is 245 cm³/mol. The second-order valence-corrected chi connectivity index (χ2v) is 19.1. The number of carbonyl (C=O) groups excluding carboxylic acids is 3. The fraction of sp³-hybridized carbons (Fsp3) is 0.373. The van der Waals surface area contributed by atoms with Gasteiger partial charge in [0.15, 0.2) is 40.0 Å². The maximum absolute atomic E-state index is 15.2. The Hall–Kier alpha value is -6.51. The first-order chi connectivity index (χ1) is 32.4. The van der Waals surface area contributed by atoms with Crippen molar-refractivity contribution in [3.8, 4) is 46.3 Å². The van der Waals surface area contributed by atoms with Crippen LogP contribution in [-0.2, 0) is 32.7 Å². The van der Waals surface area contributed by atoms with Gasteiger partial charge in [0.1, 0.15) is 18.4 Å². The summed E-state index contributed by atoms with van der Waals surface area (Å²) in [5, 5.41) is 28.1. The van der Waals surface area contributed by atoms with Crippen LogP contribution in [0.25, 0.3) is 10.8 Å². The van der Waals surface area contributed by atoms with Gasteiger partial charge in [-0.25, -0.2) is 9.59 Å². The average molecular weight is 925 g/mol. The quantitative estimate of drug-likeness (QED) is 0.141. The number of esters is 3. The van der Waals surface area contributed by atoms with E-state index in [1.807, 2.05) is 63.4 Å². The lowest BCUT2D eigenvalue weighted by molar-refractivity contribution is -0.157. The number of ether oxygens (including phenoxy) is 7. The number of methoxy groups -OCH3 is 2. The predicted octanol–water partition coefficient (Wildman–Crippen LogP) is 6.65. The minimum absolute atomic E-state index is 0.0262. The smallest absolute Gasteiger partial charge is 0.344 e. The molecule has 1 spiro atoms. The molecule has 5 aromatic carbocycles. The standard InChI is InChI=1S/C51H48N4O11S/c1-24-16-29-17-33-34(20-52)55-35-21-62-50(59)51(32-19-36(60-5)37(18-28(32)14-15-53-51)66-49(58)31-13-9-11-27-10-7-8-12-30(27)31)22-67-48(42(55)41(54(33)4)38(29)43(57)44(24)61-6)40-39(35)47-46(63-23-64-47)25(2)45(40)65-26(3)56/h7-13,16,18-19,33-35,41-42,48,53,57H,14-15,17,21-23H2,1-6H3/t33-,34-,35-,41+,42+,48+,51+/m0/s1. The number of benzene rings is 5. The molecule has 0 radical (unpaired) electrons. The number of phenols is 1. The molecule has 0 aromatic heterocycles. The van der Waals surface area contributed by atoms with Gasteiger partial charge in [-0.05, 0) is 85.0 Å². The highest BCUT2D eigenvalue weighted by atomic mass is 32.2. The molecule has 15 nitrogen and oxygen atoms in total. The van der Waals surface area contributed by atoms with Crippen molar-refractivity contribution < 1.29 is 52.6 Å². The van der Waals surface area contributed by atoms with E-state index >= 15 is 4.79 Å². The van der Waals surface area contributed by atoms with Crippen LogP contribution in [0.4, 0.5) is 0 Å². The first-order valence-corrected chi connectivity index (χ1v) is 23.3. The maximum Gasteiger partial charge on any atom is 0.344 e. The van der Waals surface area contributed by atoms with Crippen LogP contribution in [0.5, 0.6) is 40.2 Å². The first-order valence-electron chi connectivity index (χ1n) is 22.3. The van der Waals surface area contributed by atoms with Gasteiger partial charge in [0.2, 0.25) is 6.79 Å². The lowest BCUT2D eigenvalue weighted by Crippen LogP contribution is -2.69. The van der Waals surface area contributed by atoms with Crippen LogP contribution in [0.2, 0.25) is 0 Å². The molecule has 0 unspecified atom stereocenters. The maximum atomic E-state index is 15.2. The lowest BCUT2D eigenvalue weighted by Gasteiger charge is -2.62. The summed E-state index contributed by atoms with van der Waals surface area (Å²) < 4.78 is 43.0. The second kappa shape index (κ2) is 16.1. The SMILES string of the molecule is COc1cc2c(cc1OC(=O)c1cccc3ccccc13)CCN[C@]21CS[C@@H]2c3c(OC(C)=O)c(C)c4c(c3[C@H](COC1=O)N1[C@@H]2[C@H]2c3c(cc(C)c(OC)c3O)C[C@@H]([C@@H]1C#N)N2C)OCO4. The topological polar surface area (TPSA) is 178 Å². The molecule has 16 heteroatoms. The summed E-state index contributed by atoms with van der Waals surface area (Å²) in [6, 6.07) is 18.3. The number of thioether (sulfide) groups is 1. The molecule has 0 amide bonds. The third kappa shape index (κ3) is 6.31. The molecule has 7 atom stereocenters. The summed E-state index contributed by atoms with van der Waals surface area (Å²) >= 11 is 1.47. The molecule has 0 aliphatic carbocycles. The van der Waals surface area contributed by atoms with Crippen molar-refractivity contribution in [2.75, 3.05) is 47.0 Å². The number of fused-ring (bicyclic) bond motifs is 10. The number of nitrogens with one attached hydrogen (secondary N) is 1. The van der Waals surface area contributed by atoms with E-state index in [1.165, 1.54) is 32.9 Å². The summed E-state index contributed by atoms with van der Waals surface area (Å²) in [6.07, 6.45) is 0.965. The van der Waals surface area contributed by atoms with Crippen LogP contribution >= 0.6 is 11.8 Å². The van der Waals surface area contributed by atoms with Gasteiger partial charge in [0.25, 0.3) is 0 Å². The average Bonchev–Trinajstić information content (AvgIpc) is 3.81. The van der Waals surface area contributed by atoms with Gasteiger partial charge < -0.3 is 38.3 Å². The van der Waals surface area contributed by atoms with E-state index in [0.29, 0.717) is 75.8 Å². The number of piperazine rings is 1. The normalized spacial score (nSPS) is 25.8. The van der Waals surface area contributed by atoms with Crippen LogP contribution in [-0.4, -0.2) is 97.9 Å². The van der Waals surface area contributed by atoms with E-state index in [-0.39, 0.29) is 42.4 Å². The lowest BCUT2D eigenvalue weighted by atomic mass is 9.71. The number of hydrogen-bond acceptors (Lipinski definition) is 16. The molecule has 7 aliphatic heterocycles. The van der Waals surface area contributed by atoms with Gasteiger partial charge in [0.05, 0.1) is 43.2 Å². The molecule has 67 heavy (non-hydrogen) atoms. The van der Waals surface area contributed by atoms with Crippen molar-refractivity contribution in [3.63, 3.8) is 0 Å². The highest BCUT2D eigenvalue weighted by Gasteiger charge is 2.62. The van der Waals surface area contributed by atoms with Crippen molar-refractivity contribution in [1.29, 1.82) is 5.26 Å². The Morgan fingerprint density at radius 3 is 2.51 bits per heavy atom. The van der Waals surface area contributed by atoms with E-state index < -0.39 is 52.9 Å². The molecule has 7 heterocycles. The molecule has 344 valence electrons. The Labute approximate surface area is 390 Å². The molecule has 4 bridgehead atoms. The van der Waals surface area contributed by atoms with Crippen LogP contribution in [0.1, 0.15) is 79.1 Å². The van der Waals surface area contributed by atoms with E-state index in [9.17, 15) is 20.0 Å². The van der Waals surface area contributed by atoms with E-state index in [1.54, 1.807) is 18.2 Å². The number of nitriles is 1. The van der Waals surface area contributed by atoms with Crippen molar-refractivity contribution in [2.24, 2.45) is 0 Å². The van der Waals surface area contributed by atoms with Crippen LogP contribution in [0.15, 0.2) is 60.7 Å². The van der Waals surface area contributed by atoms with E-state index in [2.05, 4.69) is 21.2 Å². The zero-order valence-corrected chi connectivity index (χ0v) is 38.6. The third-order valence-corrected chi connectivity index (χ3v) is 16.1. The Bertz CT molecular complexity index is 3000. The fourth-order valence-corrected chi connectivity index (χ4v) is 13.5. The number of hydrogen-bond donors (Lipinski definition) is 2. The minimum atomic E-state index is -1.45. The fourth-order valence-electron chi connectivity index (χ4n) is 11.8. The third-order valence-electron chi connectivity index (χ3n) is 14.6. The van der Waals surface area contributed by atoms with Gasteiger partial charge in [-0.15, -0.1) is 11.8 Å². The highest BCUT2D eigenvalue weighted by molar-refractivity contribution is 7.99. The second-order valence-electron chi connectivity index (χ2n) is 18.0. The number of phenolic OH excluding ortho intramolecular Hbond substituents is 1. The molecule has 12 rings (SSSR count). The van der Waals surface area contributed by atoms with Crippen LogP contribution < -0.4 is 33.7 Å². The first kappa shape index (κ1) is 43.1. The molecular formula is C51H48N4O11S. The Kier molecular flexibility index (Phi) is 10.3. The van der Waals surface area contributed by atoms with Crippen LogP contribution in [0.3, 0.4) is 0 Å². The molecule has 7 aliphatic rings. The van der Waals surface area contributed by atoms with Crippen molar-refractivity contribution >= 4 is 40.4 Å². The zero-order chi connectivity index (χ0) is 46.6. The number of aryl methyl sites for hydroxylation is 1. The molecule has 2 saturated heterocycles. The van der Waals surface area contributed by atoms with Crippen LogP contribution in [0, 0.1) is 25.2 Å². The van der Waals surface area contributed by atoms with Crippen molar-refractivity contribution in [1.82, 2.24) is 15.1 Å². The number of nitrogens with zero attached hydrogens (tertiary/aromatic N) is 3. The molecular weight excluding hydrogens is 877 g/mol. The van der Waals surface area contributed by atoms with Gasteiger partial charge in [-0.3, -0.25) is 19.9 Å². The Morgan fingerprint density at radius 2 is 1.73 bits per heavy atom. The minimum Gasteiger partial charge on any atom is -0.504 e.